The monoisotopic (exact) mass is 183 g/mol. The molecule has 4 heteroatoms. The highest BCUT2D eigenvalue weighted by Crippen LogP contribution is 2.24. The smallest absolute Gasteiger partial charge is 0.320 e. The number of para-hydroxylation sites is 1. The van der Waals surface area contributed by atoms with Gasteiger partial charge in [0.2, 0.25) is 0 Å². The molecular weight excluding hydrogens is 174 g/mol. The van der Waals surface area contributed by atoms with Gasteiger partial charge in [0.05, 0.1) is 0 Å². The molecule has 0 aliphatic carbocycles. The van der Waals surface area contributed by atoms with Gasteiger partial charge in [0.25, 0.3) is 0 Å². The van der Waals surface area contributed by atoms with Crippen molar-refractivity contribution in [3.05, 3.63) is 29.8 Å². The number of carbonyl (C=O) groups is 1. The van der Waals surface area contributed by atoms with Crippen LogP contribution in [0.5, 0.6) is 0 Å². The molecule has 0 heterocycles. The maximum absolute atomic E-state index is 10.5. The van der Waals surface area contributed by atoms with Gasteiger partial charge < -0.3 is 10.8 Å². The Hall–Kier alpha value is -1.16. The van der Waals surface area contributed by atoms with Gasteiger partial charge in [0.15, 0.2) is 0 Å². The average molecular weight is 183 g/mol. The topological polar surface area (TPSA) is 63.3 Å². The van der Waals surface area contributed by atoms with E-state index in [-0.39, 0.29) is 0 Å². The van der Waals surface area contributed by atoms with Crippen LogP contribution >= 0.6 is 12.6 Å². The number of thiol groups is 1. The first-order chi connectivity index (χ1) is 5.63. The number of nitrogens with two attached hydrogens (primary N) is 1. The molecule has 0 bridgehead atoms. The molecule has 1 rings (SSSR count). The number of aliphatic carboxylic acids is 1. The maximum atomic E-state index is 10.5. The molecule has 0 fully saturated rings. The Bertz CT molecular complexity index is 301. The molecule has 1 aromatic rings. The van der Waals surface area contributed by atoms with Crippen LogP contribution in [0, 0.1) is 0 Å². The first-order valence-electron chi connectivity index (χ1n) is 3.38. The molecule has 0 aromatic heterocycles. The average Bonchev–Trinajstić information content (AvgIpc) is 2.04. The zero-order chi connectivity index (χ0) is 9.14. The van der Waals surface area contributed by atoms with E-state index >= 15 is 0 Å². The van der Waals surface area contributed by atoms with Crippen LogP contribution < -0.4 is 5.73 Å². The normalized spacial score (nSPS) is 12.4. The van der Waals surface area contributed by atoms with Crippen LogP contribution in [0.1, 0.15) is 10.8 Å². The fraction of sp³-hybridized carbons (Fsp3) is 0.125. The second-order valence-electron chi connectivity index (χ2n) is 2.37. The molecule has 0 saturated heterocycles. The molecule has 64 valence electrons. The Morgan fingerprint density at radius 2 is 2.08 bits per heavy atom. The molecule has 0 saturated carbocycles. The van der Waals surface area contributed by atoms with Crippen LogP contribution in [0.3, 0.4) is 0 Å². The van der Waals surface area contributed by atoms with Crippen molar-refractivity contribution in [1.82, 2.24) is 0 Å². The quantitative estimate of drug-likeness (QED) is 0.478. The Morgan fingerprint density at radius 1 is 1.50 bits per heavy atom. The van der Waals surface area contributed by atoms with E-state index in [9.17, 15) is 4.79 Å². The van der Waals surface area contributed by atoms with Crippen molar-refractivity contribution in [2.45, 2.75) is 5.25 Å². The first-order valence-corrected chi connectivity index (χ1v) is 3.90. The van der Waals surface area contributed by atoms with E-state index in [0.29, 0.717) is 11.3 Å². The lowest BCUT2D eigenvalue weighted by molar-refractivity contribution is -0.136. The molecule has 0 spiro atoms. The van der Waals surface area contributed by atoms with Crippen molar-refractivity contribution in [2.24, 2.45) is 0 Å². The molecule has 12 heavy (non-hydrogen) atoms. The Labute approximate surface area is 75.6 Å². The minimum Gasteiger partial charge on any atom is -0.480 e. The van der Waals surface area contributed by atoms with Crippen molar-refractivity contribution in [3.8, 4) is 0 Å². The number of carboxylic acids is 1. The molecule has 0 aliphatic heterocycles. The van der Waals surface area contributed by atoms with E-state index in [2.05, 4.69) is 12.6 Å². The highest BCUT2D eigenvalue weighted by atomic mass is 32.1. The minimum atomic E-state index is -0.990. The van der Waals surface area contributed by atoms with Crippen molar-refractivity contribution in [3.63, 3.8) is 0 Å². The lowest BCUT2D eigenvalue weighted by Gasteiger charge is -2.07. The molecule has 0 aliphatic rings. The number of anilines is 1. The van der Waals surface area contributed by atoms with Crippen molar-refractivity contribution in [2.75, 3.05) is 5.73 Å². The van der Waals surface area contributed by atoms with Gasteiger partial charge >= 0.3 is 5.97 Å². The lowest BCUT2D eigenvalue weighted by atomic mass is 10.1. The zero-order valence-corrected chi connectivity index (χ0v) is 7.16. The fourth-order valence-electron chi connectivity index (χ4n) is 0.893. The third-order valence-electron chi connectivity index (χ3n) is 1.52. The number of hydrogen-bond donors (Lipinski definition) is 3. The molecule has 3 N–H and O–H groups in total. The number of hydrogen-bond acceptors (Lipinski definition) is 3. The highest BCUT2D eigenvalue weighted by Gasteiger charge is 2.16. The SMILES string of the molecule is Nc1ccccc1C(S)C(=O)O. The van der Waals surface area contributed by atoms with Gasteiger partial charge in [-0.1, -0.05) is 18.2 Å². The van der Waals surface area contributed by atoms with Crippen molar-refractivity contribution in [1.29, 1.82) is 0 Å². The van der Waals surface area contributed by atoms with E-state index in [1.54, 1.807) is 24.3 Å². The fourth-order valence-corrected chi connectivity index (χ4v) is 1.13. The van der Waals surface area contributed by atoms with E-state index in [1.165, 1.54) is 0 Å². The molecular formula is C8H9NO2S. The van der Waals surface area contributed by atoms with Gasteiger partial charge in [-0.15, -0.1) is 0 Å². The van der Waals surface area contributed by atoms with Crippen LogP contribution in [0.2, 0.25) is 0 Å². The maximum Gasteiger partial charge on any atom is 0.320 e. The summed E-state index contributed by atoms with van der Waals surface area (Å²) >= 11 is 3.90. The Balaban J connectivity index is 3.02. The Morgan fingerprint density at radius 3 is 2.58 bits per heavy atom. The third kappa shape index (κ3) is 1.71. The van der Waals surface area contributed by atoms with E-state index in [1.807, 2.05) is 0 Å². The van der Waals surface area contributed by atoms with Gasteiger partial charge in [-0.05, 0) is 11.6 Å². The summed E-state index contributed by atoms with van der Waals surface area (Å²) in [5.74, 6) is -0.990. The van der Waals surface area contributed by atoms with Crippen LogP contribution in [0.15, 0.2) is 24.3 Å². The number of rotatable bonds is 2. The molecule has 0 radical (unpaired) electrons. The summed E-state index contributed by atoms with van der Waals surface area (Å²) < 4.78 is 0. The summed E-state index contributed by atoms with van der Waals surface area (Å²) in [5, 5.41) is 7.79. The second kappa shape index (κ2) is 3.49. The summed E-state index contributed by atoms with van der Waals surface area (Å²) in [6.45, 7) is 0. The molecule has 1 atom stereocenters. The predicted octanol–water partition coefficient (Wildman–Crippen LogP) is 1.32. The molecule has 0 amide bonds. The van der Waals surface area contributed by atoms with Gasteiger partial charge in [-0.2, -0.15) is 12.6 Å². The first kappa shape index (κ1) is 8.93. The van der Waals surface area contributed by atoms with Crippen LogP contribution in [0.25, 0.3) is 0 Å². The van der Waals surface area contributed by atoms with Crippen molar-refractivity contribution < 1.29 is 9.90 Å². The predicted molar refractivity (Wildman–Crippen MR) is 50.2 cm³/mol. The van der Waals surface area contributed by atoms with E-state index in [4.69, 9.17) is 10.8 Å². The van der Waals surface area contributed by atoms with Gasteiger partial charge in [0.1, 0.15) is 5.25 Å². The number of carboxylic acid groups (broad SMARTS) is 1. The van der Waals surface area contributed by atoms with Crippen LogP contribution in [0.4, 0.5) is 5.69 Å². The van der Waals surface area contributed by atoms with Gasteiger partial charge in [0, 0.05) is 5.69 Å². The second-order valence-corrected chi connectivity index (χ2v) is 2.89. The summed E-state index contributed by atoms with van der Waals surface area (Å²) in [5.41, 5.74) is 6.54. The summed E-state index contributed by atoms with van der Waals surface area (Å²) in [6, 6.07) is 6.79. The Kier molecular flexibility index (Phi) is 2.60. The molecule has 1 unspecified atom stereocenters. The summed E-state index contributed by atoms with van der Waals surface area (Å²) in [7, 11) is 0. The standard InChI is InChI=1S/C8H9NO2S/c9-6-4-2-1-3-5(6)7(12)8(10)11/h1-4,7,12H,9H2,(H,10,11). The summed E-state index contributed by atoms with van der Waals surface area (Å²) in [4.78, 5) is 10.5. The van der Waals surface area contributed by atoms with Gasteiger partial charge in [-0.25, -0.2) is 0 Å². The number of benzene rings is 1. The van der Waals surface area contributed by atoms with Gasteiger partial charge in [-0.3, -0.25) is 4.79 Å². The summed E-state index contributed by atoms with van der Waals surface area (Å²) in [6.07, 6.45) is 0. The highest BCUT2D eigenvalue weighted by molar-refractivity contribution is 7.81. The van der Waals surface area contributed by atoms with E-state index in [0.717, 1.165) is 0 Å². The van der Waals surface area contributed by atoms with E-state index < -0.39 is 11.2 Å². The zero-order valence-electron chi connectivity index (χ0n) is 6.27. The van der Waals surface area contributed by atoms with Crippen LogP contribution in [-0.2, 0) is 4.79 Å². The molecule has 1 aromatic carbocycles. The minimum absolute atomic E-state index is 0.458. The van der Waals surface area contributed by atoms with Crippen LogP contribution in [-0.4, -0.2) is 11.1 Å². The lowest BCUT2D eigenvalue weighted by Crippen LogP contribution is -2.07. The largest absolute Gasteiger partial charge is 0.480 e. The number of nitrogen functional groups attached to an aromatic ring is 1. The van der Waals surface area contributed by atoms with Crippen molar-refractivity contribution >= 4 is 24.3 Å². The molecule has 3 nitrogen and oxygen atoms in total. The third-order valence-corrected chi connectivity index (χ3v) is 2.02.